The molecule has 4 aliphatic rings. The van der Waals surface area contributed by atoms with Crippen LogP contribution >= 0.6 is 12.4 Å². The number of benzene rings is 1. The average molecular weight is 363 g/mol. The van der Waals surface area contributed by atoms with Gasteiger partial charge in [0.15, 0.2) is 0 Å². The van der Waals surface area contributed by atoms with E-state index in [4.69, 9.17) is 0 Å². The minimum atomic E-state index is 0. The van der Waals surface area contributed by atoms with E-state index < -0.39 is 0 Å². The van der Waals surface area contributed by atoms with E-state index >= 15 is 0 Å². The van der Waals surface area contributed by atoms with Gasteiger partial charge in [0.1, 0.15) is 0 Å². The number of carbonyl (C=O) groups excluding carboxylic acids is 1. The molecule has 138 valence electrons. The molecule has 1 aromatic carbocycles. The topological polar surface area (TPSA) is 41.1 Å². The summed E-state index contributed by atoms with van der Waals surface area (Å²) in [5.41, 5.74) is 4.53. The Morgan fingerprint density at radius 2 is 1.48 bits per heavy atom. The van der Waals surface area contributed by atoms with Gasteiger partial charge in [0.25, 0.3) is 0 Å². The summed E-state index contributed by atoms with van der Waals surface area (Å²) in [5.74, 6) is 3.70. The second-order valence-electron chi connectivity index (χ2n) is 8.66. The molecule has 0 radical (unpaired) electrons. The minimum absolute atomic E-state index is 0. The van der Waals surface area contributed by atoms with Crippen molar-refractivity contribution in [3.63, 3.8) is 0 Å². The van der Waals surface area contributed by atoms with Gasteiger partial charge >= 0.3 is 0 Å². The zero-order valence-corrected chi connectivity index (χ0v) is 16.4. The van der Waals surface area contributed by atoms with Gasteiger partial charge in [-0.25, -0.2) is 0 Å². The quantitative estimate of drug-likeness (QED) is 0.834. The number of rotatable bonds is 4. The molecule has 4 heteroatoms. The van der Waals surface area contributed by atoms with Crippen molar-refractivity contribution < 1.29 is 4.79 Å². The first-order valence-electron chi connectivity index (χ1n) is 9.60. The smallest absolute Gasteiger partial charge is 0.238 e. The number of anilines is 1. The van der Waals surface area contributed by atoms with Gasteiger partial charge < -0.3 is 10.6 Å². The highest BCUT2D eigenvalue weighted by Gasteiger charge is 2.47. The van der Waals surface area contributed by atoms with Crippen LogP contribution in [0.5, 0.6) is 0 Å². The van der Waals surface area contributed by atoms with Gasteiger partial charge in [-0.2, -0.15) is 0 Å². The fourth-order valence-electron chi connectivity index (χ4n) is 6.03. The highest BCUT2D eigenvalue weighted by atomic mass is 35.5. The van der Waals surface area contributed by atoms with Crippen LogP contribution in [0.3, 0.4) is 0 Å². The van der Waals surface area contributed by atoms with Crippen molar-refractivity contribution in [3.8, 4) is 0 Å². The first-order valence-corrected chi connectivity index (χ1v) is 9.60. The lowest BCUT2D eigenvalue weighted by molar-refractivity contribution is -0.116. The van der Waals surface area contributed by atoms with E-state index in [1.807, 2.05) is 0 Å². The zero-order valence-electron chi connectivity index (χ0n) is 15.6. The Balaban J connectivity index is 0.00000182. The molecule has 4 aliphatic carbocycles. The standard InChI is InChI=1S/C21H30N2O.ClH/c1-12-4-13(2)20(14(3)5-12)23-19(24)11-22-21-17-7-15-6-16(9-17)10-18(21)8-15;/h4-5,15-18,21-22H,6-11H2,1-3H3,(H,23,24);1H. The first kappa shape index (κ1) is 18.7. The number of halogens is 1. The Hall–Kier alpha value is -1.06. The van der Waals surface area contributed by atoms with Gasteiger partial charge in [-0.3, -0.25) is 4.79 Å². The molecule has 25 heavy (non-hydrogen) atoms. The van der Waals surface area contributed by atoms with Gasteiger partial charge in [-0.15, -0.1) is 12.4 Å². The minimum Gasteiger partial charge on any atom is -0.324 e. The summed E-state index contributed by atoms with van der Waals surface area (Å²) in [6.45, 7) is 6.68. The molecule has 0 heterocycles. The van der Waals surface area contributed by atoms with Crippen molar-refractivity contribution in [3.05, 3.63) is 28.8 Å². The number of carbonyl (C=O) groups is 1. The summed E-state index contributed by atoms with van der Waals surface area (Å²) in [7, 11) is 0. The Kier molecular flexibility index (Phi) is 5.45. The van der Waals surface area contributed by atoms with Crippen LogP contribution in [-0.2, 0) is 4.79 Å². The van der Waals surface area contributed by atoms with Crippen LogP contribution in [0.2, 0.25) is 0 Å². The van der Waals surface area contributed by atoms with Gasteiger partial charge in [0.2, 0.25) is 5.91 Å². The maximum atomic E-state index is 12.5. The second kappa shape index (κ2) is 7.28. The molecule has 4 fully saturated rings. The Morgan fingerprint density at radius 1 is 0.960 bits per heavy atom. The lowest BCUT2D eigenvalue weighted by Crippen LogP contribution is -2.55. The number of hydrogen-bond donors (Lipinski definition) is 2. The molecule has 0 unspecified atom stereocenters. The fourth-order valence-corrected chi connectivity index (χ4v) is 6.03. The van der Waals surface area contributed by atoms with Gasteiger partial charge in [0.05, 0.1) is 6.54 Å². The number of aryl methyl sites for hydroxylation is 3. The van der Waals surface area contributed by atoms with Crippen molar-refractivity contribution in [1.82, 2.24) is 5.32 Å². The summed E-state index contributed by atoms with van der Waals surface area (Å²) < 4.78 is 0. The van der Waals surface area contributed by atoms with Crippen LogP contribution < -0.4 is 10.6 Å². The summed E-state index contributed by atoms with van der Waals surface area (Å²) in [6, 6.07) is 4.84. The molecule has 4 saturated carbocycles. The zero-order chi connectivity index (χ0) is 16.8. The molecule has 0 spiro atoms. The average Bonchev–Trinajstić information content (AvgIpc) is 2.49. The molecule has 4 bridgehead atoms. The van der Waals surface area contributed by atoms with E-state index in [2.05, 4.69) is 43.5 Å². The third kappa shape index (κ3) is 3.73. The molecule has 1 amide bonds. The summed E-state index contributed by atoms with van der Waals surface area (Å²) in [5, 5.41) is 6.75. The number of nitrogens with one attached hydrogen (secondary N) is 2. The molecule has 5 rings (SSSR count). The number of amides is 1. The van der Waals surface area contributed by atoms with E-state index in [0.29, 0.717) is 12.6 Å². The largest absolute Gasteiger partial charge is 0.324 e. The predicted octanol–water partition coefficient (Wildman–Crippen LogP) is 4.39. The molecule has 0 saturated heterocycles. The maximum Gasteiger partial charge on any atom is 0.238 e. The fraction of sp³-hybridized carbons (Fsp3) is 0.667. The Labute approximate surface area is 157 Å². The van der Waals surface area contributed by atoms with Crippen molar-refractivity contribution in [2.24, 2.45) is 23.7 Å². The summed E-state index contributed by atoms with van der Waals surface area (Å²) in [4.78, 5) is 12.5. The monoisotopic (exact) mass is 362 g/mol. The van der Waals surface area contributed by atoms with E-state index in [0.717, 1.165) is 40.5 Å². The first-order chi connectivity index (χ1) is 11.5. The van der Waals surface area contributed by atoms with Crippen molar-refractivity contribution in [2.75, 3.05) is 11.9 Å². The molecule has 0 atom stereocenters. The third-order valence-electron chi connectivity index (χ3n) is 6.67. The second-order valence-corrected chi connectivity index (χ2v) is 8.66. The summed E-state index contributed by atoms with van der Waals surface area (Å²) in [6.07, 6.45) is 7.04. The van der Waals surface area contributed by atoms with Crippen molar-refractivity contribution in [2.45, 2.75) is 58.9 Å². The third-order valence-corrected chi connectivity index (χ3v) is 6.67. The van der Waals surface area contributed by atoms with E-state index in [1.165, 1.54) is 37.7 Å². The van der Waals surface area contributed by atoms with Crippen molar-refractivity contribution >= 4 is 24.0 Å². The van der Waals surface area contributed by atoms with Crippen LogP contribution in [-0.4, -0.2) is 18.5 Å². The lowest BCUT2D eigenvalue weighted by Gasteiger charge is -2.54. The van der Waals surface area contributed by atoms with Crippen LogP contribution in [0.1, 0.15) is 48.8 Å². The molecular formula is C21H31ClN2O. The molecule has 2 N–H and O–H groups in total. The lowest BCUT2D eigenvalue weighted by atomic mass is 9.54. The van der Waals surface area contributed by atoms with Crippen LogP contribution in [0.15, 0.2) is 12.1 Å². The predicted molar refractivity (Wildman–Crippen MR) is 105 cm³/mol. The van der Waals surface area contributed by atoms with Crippen molar-refractivity contribution in [1.29, 1.82) is 0 Å². The van der Waals surface area contributed by atoms with E-state index in [-0.39, 0.29) is 18.3 Å². The molecule has 0 aromatic heterocycles. The highest BCUT2D eigenvalue weighted by molar-refractivity contribution is 5.93. The molecule has 3 nitrogen and oxygen atoms in total. The van der Waals surface area contributed by atoms with E-state index in [1.54, 1.807) is 0 Å². The molecule has 1 aromatic rings. The van der Waals surface area contributed by atoms with Gasteiger partial charge in [0, 0.05) is 11.7 Å². The van der Waals surface area contributed by atoms with Gasteiger partial charge in [-0.1, -0.05) is 17.7 Å². The normalized spacial score (nSPS) is 32.4. The Morgan fingerprint density at radius 3 is 2.00 bits per heavy atom. The van der Waals surface area contributed by atoms with Gasteiger partial charge in [-0.05, 0) is 87.7 Å². The highest BCUT2D eigenvalue weighted by Crippen LogP contribution is 2.53. The molecular weight excluding hydrogens is 332 g/mol. The van der Waals surface area contributed by atoms with E-state index in [9.17, 15) is 4.79 Å². The van der Waals surface area contributed by atoms with Crippen LogP contribution in [0, 0.1) is 44.4 Å². The van der Waals surface area contributed by atoms with Crippen LogP contribution in [0.4, 0.5) is 5.69 Å². The number of hydrogen-bond acceptors (Lipinski definition) is 2. The van der Waals surface area contributed by atoms with Crippen LogP contribution in [0.25, 0.3) is 0 Å². The summed E-state index contributed by atoms with van der Waals surface area (Å²) >= 11 is 0. The SMILES string of the molecule is Cc1cc(C)c(NC(=O)CNC2C3CC4CC(C3)CC2C4)c(C)c1.Cl. The Bertz CT molecular complexity index is 606. The molecule has 0 aliphatic heterocycles. The maximum absolute atomic E-state index is 12.5.